The van der Waals surface area contributed by atoms with Gasteiger partial charge in [0, 0.05) is 24.5 Å². The first-order chi connectivity index (χ1) is 7.81. The second-order valence-electron chi connectivity index (χ2n) is 4.46. The fraction of sp³-hybridized carbons (Fsp3) is 0.545. The van der Waals surface area contributed by atoms with Gasteiger partial charge >= 0.3 is 0 Å². The van der Waals surface area contributed by atoms with Gasteiger partial charge in [0.05, 0.1) is 5.56 Å². The number of hydrogen-bond donors (Lipinski definition) is 2. The maximum Gasteiger partial charge on any atom is 0.254 e. The number of nitrogens with zero attached hydrogens (tertiary/aromatic N) is 2. The smallest absolute Gasteiger partial charge is 0.254 e. The highest BCUT2D eigenvalue weighted by atomic mass is 16.1. The van der Waals surface area contributed by atoms with E-state index in [2.05, 4.69) is 20.6 Å². The van der Waals surface area contributed by atoms with Crippen molar-refractivity contribution in [2.75, 3.05) is 5.32 Å². The molecule has 2 aliphatic carbocycles. The summed E-state index contributed by atoms with van der Waals surface area (Å²) in [6, 6.07) is 0.905. The Morgan fingerprint density at radius 2 is 1.75 bits per heavy atom. The molecule has 0 radical (unpaired) electrons. The van der Waals surface area contributed by atoms with Crippen LogP contribution in [0.2, 0.25) is 0 Å². The SMILES string of the molecule is O=C(NC1CC1)c1cnc(NC2CC2)nc1. The summed E-state index contributed by atoms with van der Waals surface area (Å²) < 4.78 is 0. The van der Waals surface area contributed by atoms with Crippen molar-refractivity contribution in [3.05, 3.63) is 18.0 Å². The second kappa shape index (κ2) is 3.73. The normalized spacial score (nSPS) is 19.2. The molecule has 2 N–H and O–H groups in total. The summed E-state index contributed by atoms with van der Waals surface area (Å²) in [6.45, 7) is 0. The Bertz CT molecular complexity index is 395. The fourth-order valence-corrected chi connectivity index (χ4v) is 1.43. The molecule has 1 aromatic heterocycles. The van der Waals surface area contributed by atoms with Gasteiger partial charge in [-0.2, -0.15) is 0 Å². The largest absolute Gasteiger partial charge is 0.351 e. The number of carbonyl (C=O) groups is 1. The Kier molecular flexibility index (Phi) is 2.23. The molecule has 1 amide bonds. The standard InChI is InChI=1S/C11H14N4O/c16-10(14-8-1-2-8)7-5-12-11(13-6-7)15-9-3-4-9/h5-6,8-9H,1-4H2,(H,14,16)(H,12,13,15). The summed E-state index contributed by atoms with van der Waals surface area (Å²) in [5.41, 5.74) is 0.535. The molecule has 3 rings (SSSR count). The monoisotopic (exact) mass is 218 g/mol. The van der Waals surface area contributed by atoms with E-state index in [1.807, 2.05) is 0 Å². The van der Waals surface area contributed by atoms with Crippen LogP contribution >= 0.6 is 0 Å². The zero-order valence-electron chi connectivity index (χ0n) is 8.94. The van der Waals surface area contributed by atoms with E-state index < -0.39 is 0 Å². The number of anilines is 1. The summed E-state index contributed by atoms with van der Waals surface area (Å²) in [5, 5.41) is 6.08. The Balaban J connectivity index is 1.63. The highest BCUT2D eigenvalue weighted by Crippen LogP contribution is 2.22. The predicted molar refractivity (Wildman–Crippen MR) is 59.2 cm³/mol. The van der Waals surface area contributed by atoms with Gasteiger partial charge in [-0.3, -0.25) is 4.79 Å². The Morgan fingerprint density at radius 1 is 1.12 bits per heavy atom. The van der Waals surface area contributed by atoms with E-state index in [-0.39, 0.29) is 5.91 Å². The van der Waals surface area contributed by atoms with Crippen molar-refractivity contribution < 1.29 is 4.79 Å². The molecule has 5 nitrogen and oxygen atoms in total. The summed E-state index contributed by atoms with van der Waals surface area (Å²) in [6.07, 6.45) is 7.72. The van der Waals surface area contributed by atoms with Crippen LogP contribution in [-0.4, -0.2) is 28.0 Å². The second-order valence-corrected chi connectivity index (χ2v) is 4.46. The van der Waals surface area contributed by atoms with Crippen molar-refractivity contribution in [2.45, 2.75) is 37.8 Å². The van der Waals surface area contributed by atoms with Gasteiger partial charge in [-0.05, 0) is 25.7 Å². The summed E-state index contributed by atoms with van der Waals surface area (Å²) in [4.78, 5) is 19.9. The van der Waals surface area contributed by atoms with Crippen LogP contribution in [0, 0.1) is 0 Å². The predicted octanol–water partition coefficient (Wildman–Crippen LogP) is 0.943. The molecule has 0 aliphatic heterocycles. The third-order valence-corrected chi connectivity index (χ3v) is 2.74. The van der Waals surface area contributed by atoms with Gasteiger partial charge < -0.3 is 10.6 Å². The van der Waals surface area contributed by atoms with Crippen molar-refractivity contribution in [2.24, 2.45) is 0 Å². The first-order valence-electron chi connectivity index (χ1n) is 5.71. The summed E-state index contributed by atoms with van der Waals surface area (Å²) in [5.74, 6) is 0.547. The first-order valence-corrected chi connectivity index (χ1v) is 5.71. The minimum absolute atomic E-state index is 0.0690. The summed E-state index contributed by atoms with van der Waals surface area (Å²) in [7, 11) is 0. The van der Waals surface area contributed by atoms with Crippen LogP contribution in [0.25, 0.3) is 0 Å². The molecule has 1 heterocycles. The molecule has 0 atom stereocenters. The fourth-order valence-electron chi connectivity index (χ4n) is 1.43. The van der Waals surface area contributed by atoms with Gasteiger partial charge in [-0.15, -0.1) is 0 Å². The van der Waals surface area contributed by atoms with Crippen LogP contribution in [-0.2, 0) is 0 Å². The quantitative estimate of drug-likeness (QED) is 0.789. The Labute approximate surface area is 93.7 Å². The number of rotatable bonds is 4. The van der Waals surface area contributed by atoms with E-state index in [1.54, 1.807) is 12.4 Å². The van der Waals surface area contributed by atoms with E-state index in [1.165, 1.54) is 12.8 Å². The minimum Gasteiger partial charge on any atom is -0.351 e. The Hall–Kier alpha value is -1.65. The zero-order chi connectivity index (χ0) is 11.0. The molecule has 2 aliphatic rings. The maximum atomic E-state index is 11.6. The van der Waals surface area contributed by atoms with Crippen LogP contribution in [0.3, 0.4) is 0 Å². The van der Waals surface area contributed by atoms with Gasteiger partial charge in [-0.25, -0.2) is 9.97 Å². The third-order valence-electron chi connectivity index (χ3n) is 2.74. The lowest BCUT2D eigenvalue weighted by Crippen LogP contribution is -2.25. The highest BCUT2D eigenvalue weighted by molar-refractivity contribution is 5.94. The third kappa shape index (κ3) is 2.29. The molecular formula is C11H14N4O. The first kappa shape index (κ1) is 9.57. The molecule has 0 bridgehead atoms. The lowest BCUT2D eigenvalue weighted by atomic mass is 10.3. The van der Waals surface area contributed by atoms with E-state index >= 15 is 0 Å². The number of amides is 1. The molecule has 1 aromatic rings. The number of hydrogen-bond acceptors (Lipinski definition) is 4. The average Bonchev–Trinajstić information content (AvgIpc) is 3.14. The molecule has 5 heteroatoms. The lowest BCUT2D eigenvalue weighted by molar-refractivity contribution is 0.0950. The van der Waals surface area contributed by atoms with Gasteiger partial charge in [-0.1, -0.05) is 0 Å². The molecule has 0 spiro atoms. The van der Waals surface area contributed by atoms with Crippen molar-refractivity contribution in [1.29, 1.82) is 0 Å². The zero-order valence-corrected chi connectivity index (χ0v) is 8.94. The Morgan fingerprint density at radius 3 is 2.31 bits per heavy atom. The topological polar surface area (TPSA) is 66.9 Å². The van der Waals surface area contributed by atoms with Crippen LogP contribution in [0.1, 0.15) is 36.0 Å². The molecule has 0 unspecified atom stereocenters. The van der Waals surface area contributed by atoms with Crippen molar-refractivity contribution >= 4 is 11.9 Å². The van der Waals surface area contributed by atoms with Crippen LogP contribution in [0.4, 0.5) is 5.95 Å². The highest BCUT2D eigenvalue weighted by Gasteiger charge is 2.24. The van der Waals surface area contributed by atoms with E-state index in [9.17, 15) is 4.79 Å². The lowest BCUT2D eigenvalue weighted by Gasteiger charge is -2.04. The number of aromatic nitrogens is 2. The molecule has 84 valence electrons. The van der Waals surface area contributed by atoms with Crippen molar-refractivity contribution in [1.82, 2.24) is 15.3 Å². The van der Waals surface area contributed by atoms with Crippen molar-refractivity contribution in [3.8, 4) is 0 Å². The molecule has 16 heavy (non-hydrogen) atoms. The van der Waals surface area contributed by atoms with Gasteiger partial charge in [0.15, 0.2) is 0 Å². The molecular weight excluding hydrogens is 204 g/mol. The number of nitrogens with one attached hydrogen (secondary N) is 2. The van der Waals surface area contributed by atoms with Crippen LogP contribution in [0.5, 0.6) is 0 Å². The molecule has 0 saturated heterocycles. The van der Waals surface area contributed by atoms with Crippen LogP contribution in [0.15, 0.2) is 12.4 Å². The molecule has 0 aromatic carbocycles. The average molecular weight is 218 g/mol. The molecule has 2 fully saturated rings. The van der Waals surface area contributed by atoms with Crippen LogP contribution < -0.4 is 10.6 Å². The van der Waals surface area contributed by atoms with Crippen molar-refractivity contribution in [3.63, 3.8) is 0 Å². The van der Waals surface area contributed by atoms with E-state index in [0.29, 0.717) is 23.6 Å². The number of carbonyl (C=O) groups excluding carboxylic acids is 1. The minimum atomic E-state index is -0.0690. The maximum absolute atomic E-state index is 11.6. The van der Waals surface area contributed by atoms with Gasteiger partial charge in [0.25, 0.3) is 5.91 Å². The van der Waals surface area contributed by atoms with E-state index in [4.69, 9.17) is 0 Å². The molecule has 2 saturated carbocycles. The van der Waals surface area contributed by atoms with Gasteiger partial charge in [0.2, 0.25) is 5.95 Å². The van der Waals surface area contributed by atoms with E-state index in [0.717, 1.165) is 12.8 Å². The summed E-state index contributed by atoms with van der Waals surface area (Å²) >= 11 is 0. The van der Waals surface area contributed by atoms with Gasteiger partial charge in [0.1, 0.15) is 0 Å².